The Morgan fingerprint density at radius 3 is 2.30 bits per heavy atom. The van der Waals surface area contributed by atoms with Crippen molar-refractivity contribution in [3.8, 4) is 11.1 Å². The number of rotatable bonds is 4. The lowest BCUT2D eigenvalue weighted by Gasteiger charge is -2.09. The first-order valence-corrected chi connectivity index (χ1v) is 8.25. The first-order valence-electron chi connectivity index (χ1n) is 7.43. The molecule has 3 aromatic rings. The second kappa shape index (κ2) is 6.67. The molecule has 0 spiro atoms. The van der Waals surface area contributed by atoms with Gasteiger partial charge in [-0.15, -0.1) is 11.3 Å². The van der Waals surface area contributed by atoms with Crippen LogP contribution in [-0.4, -0.2) is 5.91 Å². The zero-order valence-corrected chi connectivity index (χ0v) is 13.7. The zero-order valence-electron chi connectivity index (χ0n) is 12.9. The molecule has 1 heterocycles. The van der Waals surface area contributed by atoms with Crippen LogP contribution in [-0.2, 0) is 6.54 Å². The Morgan fingerprint density at radius 2 is 1.65 bits per heavy atom. The number of thiophene rings is 1. The van der Waals surface area contributed by atoms with E-state index in [-0.39, 0.29) is 5.91 Å². The summed E-state index contributed by atoms with van der Waals surface area (Å²) in [6, 6.07) is 19.7. The van der Waals surface area contributed by atoms with Crippen LogP contribution in [0.15, 0.2) is 60.7 Å². The number of nitrogen functional groups attached to an aromatic ring is 1. The second-order valence-electron chi connectivity index (χ2n) is 5.31. The van der Waals surface area contributed by atoms with E-state index >= 15 is 0 Å². The molecule has 0 aliphatic rings. The maximum Gasteiger partial charge on any atom is 0.255 e. The summed E-state index contributed by atoms with van der Waals surface area (Å²) in [6.45, 7) is 2.49. The molecule has 23 heavy (non-hydrogen) atoms. The van der Waals surface area contributed by atoms with Crippen LogP contribution in [0, 0.1) is 6.92 Å². The molecule has 0 fully saturated rings. The van der Waals surface area contributed by atoms with E-state index in [2.05, 4.69) is 5.32 Å². The standard InChI is InChI=1S/C19H18N2OS/c1-13-16(15-10-6-3-7-11-15)17(18(20)23-13)19(22)21-12-14-8-4-2-5-9-14/h2-11H,12,20H2,1H3,(H,21,22). The largest absolute Gasteiger partial charge is 0.390 e. The first kappa shape index (κ1) is 15.3. The lowest BCUT2D eigenvalue weighted by Crippen LogP contribution is -2.23. The van der Waals surface area contributed by atoms with Crippen molar-refractivity contribution in [3.63, 3.8) is 0 Å². The van der Waals surface area contributed by atoms with E-state index in [1.807, 2.05) is 67.6 Å². The molecule has 1 amide bonds. The van der Waals surface area contributed by atoms with Crippen molar-refractivity contribution in [1.29, 1.82) is 0 Å². The number of anilines is 1. The summed E-state index contributed by atoms with van der Waals surface area (Å²) in [5.74, 6) is -0.130. The average molecular weight is 322 g/mol. The van der Waals surface area contributed by atoms with Crippen LogP contribution in [0.2, 0.25) is 0 Å². The van der Waals surface area contributed by atoms with Crippen molar-refractivity contribution in [3.05, 3.63) is 76.7 Å². The number of amides is 1. The molecule has 4 heteroatoms. The minimum atomic E-state index is -0.130. The fraction of sp³-hybridized carbons (Fsp3) is 0.105. The normalized spacial score (nSPS) is 10.5. The van der Waals surface area contributed by atoms with Gasteiger partial charge in [0.2, 0.25) is 0 Å². The van der Waals surface area contributed by atoms with Crippen LogP contribution in [0.25, 0.3) is 11.1 Å². The molecule has 0 bridgehead atoms. The van der Waals surface area contributed by atoms with Gasteiger partial charge in [-0.3, -0.25) is 4.79 Å². The molecular formula is C19H18N2OS. The maximum absolute atomic E-state index is 12.7. The predicted octanol–water partition coefficient (Wildman–Crippen LogP) is 4.24. The van der Waals surface area contributed by atoms with Gasteiger partial charge in [-0.1, -0.05) is 60.7 Å². The second-order valence-corrected chi connectivity index (χ2v) is 6.56. The molecule has 1 aromatic heterocycles. The van der Waals surface area contributed by atoms with Crippen LogP contribution in [0.1, 0.15) is 20.8 Å². The van der Waals surface area contributed by atoms with Gasteiger partial charge in [0.1, 0.15) is 0 Å². The van der Waals surface area contributed by atoms with E-state index in [4.69, 9.17) is 5.73 Å². The summed E-state index contributed by atoms with van der Waals surface area (Å²) in [7, 11) is 0. The van der Waals surface area contributed by atoms with Gasteiger partial charge in [0.25, 0.3) is 5.91 Å². The van der Waals surface area contributed by atoms with Gasteiger partial charge in [0.05, 0.1) is 10.6 Å². The SMILES string of the molecule is Cc1sc(N)c(C(=O)NCc2ccccc2)c1-c1ccccc1. The van der Waals surface area contributed by atoms with Gasteiger partial charge < -0.3 is 11.1 Å². The highest BCUT2D eigenvalue weighted by molar-refractivity contribution is 7.16. The highest BCUT2D eigenvalue weighted by atomic mass is 32.1. The fourth-order valence-electron chi connectivity index (χ4n) is 2.61. The van der Waals surface area contributed by atoms with E-state index in [0.717, 1.165) is 21.6 Å². The van der Waals surface area contributed by atoms with E-state index < -0.39 is 0 Å². The first-order chi connectivity index (χ1) is 11.2. The number of nitrogens with two attached hydrogens (primary N) is 1. The molecule has 3 N–H and O–H groups in total. The topological polar surface area (TPSA) is 55.1 Å². The maximum atomic E-state index is 12.7. The van der Waals surface area contributed by atoms with E-state index in [0.29, 0.717) is 17.1 Å². The molecule has 116 valence electrons. The van der Waals surface area contributed by atoms with Gasteiger partial charge in [0, 0.05) is 17.0 Å². The Labute approximate surface area is 139 Å². The monoisotopic (exact) mass is 322 g/mol. The fourth-order valence-corrected chi connectivity index (χ4v) is 3.56. The van der Waals surface area contributed by atoms with Crippen molar-refractivity contribution >= 4 is 22.2 Å². The lowest BCUT2D eigenvalue weighted by molar-refractivity contribution is 0.0953. The molecule has 2 aromatic carbocycles. The number of aryl methyl sites for hydroxylation is 1. The Balaban J connectivity index is 1.89. The summed E-state index contributed by atoms with van der Waals surface area (Å²) in [4.78, 5) is 13.7. The molecule has 0 atom stereocenters. The van der Waals surface area contributed by atoms with Crippen molar-refractivity contribution in [1.82, 2.24) is 5.32 Å². The van der Waals surface area contributed by atoms with Crippen LogP contribution < -0.4 is 11.1 Å². The van der Waals surface area contributed by atoms with Gasteiger partial charge in [0.15, 0.2) is 0 Å². The third-order valence-corrected chi connectivity index (χ3v) is 4.63. The third kappa shape index (κ3) is 3.27. The van der Waals surface area contributed by atoms with Gasteiger partial charge >= 0.3 is 0 Å². The third-order valence-electron chi connectivity index (χ3n) is 3.70. The Bertz CT molecular complexity index is 810. The van der Waals surface area contributed by atoms with Gasteiger partial charge in [-0.25, -0.2) is 0 Å². The van der Waals surface area contributed by atoms with Crippen molar-refractivity contribution < 1.29 is 4.79 Å². The minimum absolute atomic E-state index is 0.130. The molecule has 0 aliphatic carbocycles. The summed E-state index contributed by atoms with van der Waals surface area (Å²) in [5.41, 5.74) is 9.69. The van der Waals surface area contributed by atoms with E-state index in [1.54, 1.807) is 0 Å². The summed E-state index contributed by atoms with van der Waals surface area (Å²) >= 11 is 1.46. The van der Waals surface area contributed by atoms with Gasteiger partial charge in [-0.2, -0.15) is 0 Å². The number of benzene rings is 2. The molecule has 0 saturated carbocycles. The number of hydrogen-bond donors (Lipinski definition) is 2. The van der Waals surface area contributed by atoms with Crippen LogP contribution in [0.4, 0.5) is 5.00 Å². The lowest BCUT2D eigenvalue weighted by atomic mass is 10.0. The smallest absolute Gasteiger partial charge is 0.255 e. The quantitative estimate of drug-likeness (QED) is 0.755. The molecule has 0 saturated heterocycles. The summed E-state index contributed by atoms with van der Waals surface area (Å²) in [5, 5.41) is 3.53. The molecule has 3 rings (SSSR count). The van der Waals surface area contributed by atoms with Crippen molar-refractivity contribution in [2.45, 2.75) is 13.5 Å². The number of carbonyl (C=O) groups is 1. The van der Waals surface area contributed by atoms with E-state index in [1.165, 1.54) is 11.3 Å². The summed E-state index contributed by atoms with van der Waals surface area (Å²) < 4.78 is 0. The Morgan fingerprint density at radius 1 is 1.04 bits per heavy atom. The highest BCUT2D eigenvalue weighted by Gasteiger charge is 2.21. The van der Waals surface area contributed by atoms with Crippen LogP contribution >= 0.6 is 11.3 Å². The molecule has 0 radical (unpaired) electrons. The Hall–Kier alpha value is -2.59. The number of carbonyl (C=O) groups excluding carboxylic acids is 1. The van der Waals surface area contributed by atoms with Crippen molar-refractivity contribution in [2.24, 2.45) is 0 Å². The molecular weight excluding hydrogens is 304 g/mol. The predicted molar refractivity (Wildman–Crippen MR) is 96.5 cm³/mol. The number of nitrogens with one attached hydrogen (secondary N) is 1. The van der Waals surface area contributed by atoms with Crippen LogP contribution in [0.5, 0.6) is 0 Å². The Kier molecular flexibility index (Phi) is 4.44. The molecule has 0 aliphatic heterocycles. The molecule has 0 unspecified atom stereocenters. The minimum Gasteiger partial charge on any atom is -0.390 e. The zero-order chi connectivity index (χ0) is 16.2. The number of hydrogen-bond acceptors (Lipinski definition) is 3. The molecule has 3 nitrogen and oxygen atoms in total. The van der Waals surface area contributed by atoms with Gasteiger partial charge in [-0.05, 0) is 18.1 Å². The van der Waals surface area contributed by atoms with Crippen molar-refractivity contribution in [2.75, 3.05) is 5.73 Å². The van der Waals surface area contributed by atoms with E-state index in [9.17, 15) is 4.79 Å². The highest BCUT2D eigenvalue weighted by Crippen LogP contribution is 2.37. The average Bonchev–Trinajstić information content (AvgIpc) is 2.88. The summed E-state index contributed by atoms with van der Waals surface area (Å²) in [6.07, 6.45) is 0. The van der Waals surface area contributed by atoms with Crippen LogP contribution in [0.3, 0.4) is 0 Å².